The molecule has 0 fully saturated rings. The molecule has 0 radical (unpaired) electrons. The standard InChI is InChI=1S/C15H14F5N3OS/c1-3-25-11-6-9(15(18,19)20)7-21-13(11)10-4-5-12(23-22-10)24-8-14(2,16)17/h4-7H,3,8H2,1-2H3. The van der Waals surface area contributed by atoms with Gasteiger partial charge in [-0.15, -0.1) is 22.0 Å². The molecule has 0 aromatic carbocycles. The van der Waals surface area contributed by atoms with Gasteiger partial charge in [-0.25, -0.2) is 8.78 Å². The van der Waals surface area contributed by atoms with E-state index < -0.39 is 24.3 Å². The second kappa shape index (κ2) is 7.51. The van der Waals surface area contributed by atoms with Crippen molar-refractivity contribution >= 4 is 11.8 Å². The summed E-state index contributed by atoms with van der Waals surface area (Å²) in [5.41, 5.74) is -0.398. The third-order valence-electron chi connectivity index (χ3n) is 2.84. The molecule has 4 nitrogen and oxygen atoms in total. The van der Waals surface area contributed by atoms with Gasteiger partial charge in [0.25, 0.3) is 5.92 Å². The van der Waals surface area contributed by atoms with Gasteiger partial charge in [0.15, 0.2) is 6.61 Å². The van der Waals surface area contributed by atoms with Crippen LogP contribution in [0.25, 0.3) is 11.4 Å². The van der Waals surface area contributed by atoms with Gasteiger partial charge in [0.1, 0.15) is 11.4 Å². The number of thioether (sulfide) groups is 1. The van der Waals surface area contributed by atoms with Gasteiger partial charge < -0.3 is 4.74 Å². The van der Waals surface area contributed by atoms with Gasteiger partial charge in [-0.05, 0) is 17.9 Å². The first-order chi connectivity index (χ1) is 11.6. The first kappa shape index (κ1) is 19.4. The molecular formula is C15H14F5N3OS. The fourth-order valence-corrected chi connectivity index (χ4v) is 2.60. The average molecular weight is 379 g/mol. The number of ether oxygens (including phenoxy) is 1. The summed E-state index contributed by atoms with van der Waals surface area (Å²) in [6.07, 6.45) is -3.78. The van der Waals surface area contributed by atoms with E-state index in [4.69, 9.17) is 4.74 Å². The smallest absolute Gasteiger partial charge is 0.417 e. The van der Waals surface area contributed by atoms with Gasteiger partial charge in [-0.2, -0.15) is 13.2 Å². The minimum atomic E-state index is -4.50. The molecule has 2 aromatic rings. The van der Waals surface area contributed by atoms with Gasteiger partial charge in [0.2, 0.25) is 5.88 Å². The van der Waals surface area contributed by atoms with Crippen molar-refractivity contribution in [3.63, 3.8) is 0 Å². The minimum absolute atomic E-state index is 0.109. The molecule has 25 heavy (non-hydrogen) atoms. The third-order valence-corrected chi connectivity index (χ3v) is 3.75. The second-order valence-corrected chi connectivity index (χ2v) is 6.42. The van der Waals surface area contributed by atoms with Crippen LogP contribution in [-0.2, 0) is 6.18 Å². The lowest BCUT2D eigenvalue weighted by atomic mass is 10.2. The molecule has 0 unspecified atom stereocenters. The molecule has 2 heterocycles. The first-order valence-electron chi connectivity index (χ1n) is 7.15. The highest BCUT2D eigenvalue weighted by molar-refractivity contribution is 7.99. The van der Waals surface area contributed by atoms with Crippen molar-refractivity contribution in [3.8, 4) is 17.3 Å². The van der Waals surface area contributed by atoms with Crippen LogP contribution in [-0.4, -0.2) is 33.5 Å². The maximum atomic E-state index is 12.8. The van der Waals surface area contributed by atoms with E-state index >= 15 is 0 Å². The summed E-state index contributed by atoms with van der Waals surface area (Å²) in [4.78, 5) is 4.15. The van der Waals surface area contributed by atoms with Crippen molar-refractivity contribution in [2.75, 3.05) is 12.4 Å². The summed E-state index contributed by atoms with van der Waals surface area (Å²) in [6.45, 7) is 1.65. The van der Waals surface area contributed by atoms with Crippen LogP contribution in [0.1, 0.15) is 19.4 Å². The molecule has 0 aliphatic heterocycles. The molecule has 0 aliphatic rings. The Morgan fingerprint density at radius 2 is 1.84 bits per heavy atom. The van der Waals surface area contributed by atoms with E-state index in [-0.39, 0.29) is 17.3 Å². The highest BCUT2D eigenvalue weighted by Gasteiger charge is 2.32. The van der Waals surface area contributed by atoms with Crippen molar-refractivity contribution in [1.29, 1.82) is 0 Å². The highest BCUT2D eigenvalue weighted by Crippen LogP contribution is 2.35. The Labute approximate surface area is 144 Å². The number of hydrogen-bond acceptors (Lipinski definition) is 5. The van der Waals surface area contributed by atoms with E-state index in [1.807, 2.05) is 0 Å². The largest absolute Gasteiger partial charge is 0.470 e. The molecule has 0 bridgehead atoms. The van der Waals surface area contributed by atoms with Crippen molar-refractivity contribution < 1.29 is 26.7 Å². The van der Waals surface area contributed by atoms with E-state index in [1.54, 1.807) is 6.92 Å². The monoisotopic (exact) mass is 379 g/mol. The zero-order valence-corrected chi connectivity index (χ0v) is 14.1. The Balaban J connectivity index is 2.28. The van der Waals surface area contributed by atoms with Crippen LogP contribution in [0.5, 0.6) is 5.88 Å². The Bertz CT molecular complexity index is 717. The topological polar surface area (TPSA) is 47.9 Å². The number of hydrogen-bond donors (Lipinski definition) is 0. The molecule has 0 atom stereocenters. The number of nitrogens with zero attached hydrogens (tertiary/aromatic N) is 3. The predicted molar refractivity (Wildman–Crippen MR) is 82.8 cm³/mol. The lowest BCUT2D eigenvalue weighted by molar-refractivity contribution is -0.138. The van der Waals surface area contributed by atoms with Crippen LogP contribution in [0, 0.1) is 0 Å². The molecule has 136 valence electrons. The second-order valence-electron chi connectivity index (χ2n) is 5.12. The van der Waals surface area contributed by atoms with Crippen LogP contribution < -0.4 is 4.74 Å². The maximum absolute atomic E-state index is 12.8. The molecule has 10 heteroatoms. The maximum Gasteiger partial charge on any atom is 0.417 e. The van der Waals surface area contributed by atoms with E-state index in [0.717, 1.165) is 12.3 Å². The van der Waals surface area contributed by atoms with E-state index in [9.17, 15) is 22.0 Å². The molecule has 0 saturated heterocycles. The quantitative estimate of drug-likeness (QED) is 0.538. The molecule has 0 amide bonds. The Hall–Kier alpha value is -1.97. The SMILES string of the molecule is CCSc1cc(C(F)(F)F)cnc1-c1ccc(OCC(C)(F)F)nn1. The predicted octanol–water partition coefficient (Wildman–Crippen LogP) is 4.70. The summed E-state index contributed by atoms with van der Waals surface area (Å²) in [6, 6.07) is 3.72. The minimum Gasteiger partial charge on any atom is -0.470 e. The fraction of sp³-hybridized carbons (Fsp3) is 0.400. The number of alkyl halides is 5. The summed E-state index contributed by atoms with van der Waals surface area (Å²) in [5, 5.41) is 7.46. The zero-order chi connectivity index (χ0) is 18.7. The normalized spacial score (nSPS) is 12.3. The van der Waals surface area contributed by atoms with Crippen LogP contribution in [0.3, 0.4) is 0 Å². The number of pyridine rings is 1. The Morgan fingerprint density at radius 1 is 1.12 bits per heavy atom. The fourth-order valence-electron chi connectivity index (χ4n) is 1.78. The Morgan fingerprint density at radius 3 is 2.36 bits per heavy atom. The third kappa shape index (κ3) is 5.52. The summed E-state index contributed by atoms with van der Waals surface area (Å²) in [5.74, 6) is -2.59. The van der Waals surface area contributed by atoms with Crippen molar-refractivity contribution in [2.45, 2.75) is 30.8 Å². The number of aromatic nitrogens is 3. The van der Waals surface area contributed by atoms with E-state index in [0.29, 0.717) is 17.6 Å². The molecule has 0 aliphatic carbocycles. The van der Waals surface area contributed by atoms with E-state index in [1.165, 1.54) is 23.9 Å². The molecule has 0 saturated carbocycles. The van der Waals surface area contributed by atoms with Crippen molar-refractivity contribution in [2.24, 2.45) is 0 Å². The van der Waals surface area contributed by atoms with Gasteiger partial charge >= 0.3 is 6.18 Å². The summed E-state index contributed by atoms with van der Waals surface area (Å²) < 4.78 is 68.8. The molecule has 2 rings (SSSR count). The van der Waals surface area contributed by atoms with Crippen molar-refractivity contribution in [1.82, 2.24) is 15.2 Å². The molecule has 2 aromatic heterocycles. The van der Waals surface area contributed by atoms with Gasteiger partial charge in [-0.1, -0.05) is 6.92 Å². The van der Waals surface area contributed by atoms with Crippen LogP contribution in [0.2, 0.25) is 0 Å². The molecular weight excluding hydrogens is 365 g/mol. The van der Waals surface area contributed by atoms with E-state index in [2.05, 4.69) is 15.2 Å². The number of halogens is 5. The number of rotatable bonds is 6. The average Bonchev–Trinajstić information content (AvgIpc) is 2.52. The van der Waals surface area contributed by atoms with Gasteiger partial charge in [0.05, 0.1) is 5.56 Å². The van der Waals surface area contributed by atoms with Gasteiger partial charge in [-0.3, -0.25) is 4.98 Å². The first-order valence-corrected chi connectivity index (χ1v) is 8.13. The summed E-state index contributed by atoms with van der Waals surface area (Å²) >= 11 is 1.18. The highest BCUT2D eigenvalue weighted by atomic mass is 32.2. The Kier molecular flexibility index (Phi) is 5.81. The van der Waals surface area contributed by atoms with Crippen LogP contribution in [0.15, 0.2) is 29.3 Å². The molecule has 0 spiro atoms. The lowest BCUT2D eigenvalue weighted by Crippen LogP contribution is -2.21. The van der Waals surface area contributed by atoms with Crippen LogP contribution in [0.4, 0.5) is 22.0 Å². The zero-order valence-electron chi connectivity index (χ0n) is 13.3. The lowest BCUT2D eigenvalue weighted by Gasteiger charge is -2.12. The summed E-state index contributed by atoms with van der Waals surface area (Å²) in [7, 11) is 0. The van der Waals surface area contributed by atoms with Crippen molar-refractivity contribution in [3.05, 3.63) is 30.0 Å². The molecule has 0 N–H and O–H groups in total. The van der Waals surface area contributed by atoms with Gasteiger partial charge in [0, 0.05) is 24.1 Å². The van der Waals surface area contributed by atoms with Crippen LogP contribution >= 0.6 is 11.8 Å².